The number of hydrogen-bond donors (Lipinski definition) is 2. The third-order valence-corrected chi connectivity index (χ3v) is 4.14. The van der Waals surface area contributed by atoms with Crippen LogP contribution in [0.2, 0.25) is 0 Å². The minimum atomic E-state index is 0.447. The van der Waals surface area contributed by atoms with Crippen LogP contribution in [0.3, 0.4) is 0 Å². The molecular weight excluding hydrogens is 188 g/mol. The minimum Gasteiger partial charge on any atom is -0.381 e. The van der Waals surface area contributed by atoms with Crippen LogP contribution < -0.4 is 11.1 Å². The molecule has 2 fully saturated rings. The monoisotopic (exact) mass is 212 g/mol. The summed E-state index contributed by atoms with van der Waals surface area (Å²) in [5.74, 6) is 0. The smallest absolute Gasteiger partial charge is 0.0471 e. The first kappa shape index (κ1) is 11.4. The van der Waals surface area contributed by atoms with Crippen molar-refractivity contribution in [3.05, 3.63) is 0 Å². The lowest BCUT2D eigenvalue weighted by molar-refractivity contribution is 0.0237. The Morgan fingerprint density at radius 2 is 1.80 bits per heavy atom. The maximum atomic E-state index is 5.76. The predicted octanol–water partition coefficient (Wildman–Crippen LogP) is 1.13. The molecule has 3 heteroatoms. The summed E-state index contributed by atoms with van der Waals surface area (Å²) < 4.78 is 5.40. The summed E-state index contributed by atoms with van der Waals surface area (Å²) in [6, 6.07) is 0. The Morgan fingerprint density at radius 3 is 2.33 bits per heavy atom. The quantitative estimate of drug-likeness (QED) is 0.718. The highest BCUT2D eigenvalue weighted by molar-refractivity contribution is 4.96. The molecule has 0 aromatic carbocycles. The molecule has 1 heterocycles. The Labute approximate surface area is 92.7 Å². The molecule has 1 aliphatic heterocycles. The van der Waals surface area contributed by atoms with E-state index in [0.29, 0.717) is 10.8 Å². The Hall–Kier alpha value is -0.120. The van der Waals surface area contributed by atoms with E-state index in [1.54, 1.807) is 0 Å². The average Bonchev–Trinajstić information content (AvgIpc) is 3.00. The second kappa shape index (κ2) is 4.40. The van der Waals surface area contributed by atoms with Crippen molar-refractivity contribution in [3.8, 4) is 0 Å². The normalized spacial score (nSPS) is 27.6. The molecule has 3 N–H and O–H groups in total. The molecule has 1 aliphatic carbocycles. The number of nitrogens with one attached hydrogen (secondary N) is 1. The van der Waals surface area contributed by atoms with Crippen LogP contribution in [0.1, 0.15) is 32.6 Å². The molecule has 0 amide bonds. The molecule has 1 saturated heterocycles. The minimum absolute atomic E-state index is 0.447. The molecule has 88 valence electrons. The number of rotatable bonds is 5. The first-order chi connectivity index (χ1) is 7.18. The van der Waals surface area contributed by atoms with E-state index in [4.69, 9.17) is 10.5 Å². The number of ether oxygens (including phenoxy) is 1. The first-order valence-corrected chi connectivity index (χ1v) is 6.17. The summed E-state index contributed by atoms with van der Waals surface area (Å²) in [7, 11) is 0. The molecule has 2 aliphatic rings. The molecule has 2 rings (SSSR count). The van der Waals surface area contributed by atoms with Gasteiger partial charge in [0.2, 0.25) is 0 Å². The van der Waals surface area contributed by atoms with E-state index in [-0.39, 0.29) is 0 Å². The second-order valence-electron chi connectivity index (χ2n) is 5.73. The van der Waals surface area contributed by atoms with Crippen LogP contribution in [0.5, 0.6) is 0 Å². The zero-order chi connectivity index (χ0) is 10.8. The lowest BCUT2D eigenvalue weighted by Gasteiger charge is -2.34. The molecule has 1 saturated carbocycles. The van der Waals surface area contributed by atoms with Crippen LogP contribution in [0.4, 0.5) is 0 Å². The van der Waals surface area contributed by atoms with Crippen molar-refractivity contribution < 1.29 is 4.74 Å². The van der Waals surface area contributed by atoms with E-state index in [0.717, 1.165) is 32.8 Å². The molecule has 0 bridgehead atoms. The van der Waals surface area contributed by atoms with Gasteiger partial charge >= 0.3 is 0 Å². The largest absolute Gasteiger partial charge is 0.381 e. The standard InChI is InChI=1S/C12H24N2O/c1-11(4-6-15-7-5-11)9-14-10-12(8-13)2-3-12/h14H,2-10,13H2,1H3. The van der Waals surface area contributed by atoms with Gasteiger partial charge in [0.15, 0.2) is 0 Å². The van der Waals surface area contributed by atoms with Crippen LogP contribution in [0, 0.1) is 10.8 Å². The van der Waals surface area contributed by atoms with Gasteiger partial charge in [0.05, 0.1) is 0 Å². The highest BCUT2D eigenvalue weighted by Crippen LogP contribution is 2.43. The van der Waals surface area contributed by atoms with Crippen molar-refractivity contribution in [2.24, 2.45) is 16.6 Å². The second-order valence-corrected chi connectivity index (χ2v) is 5.73. The zero-order valence-corrected chi connectivity index (χ0v) is 9.85. The third-order valence-electron chi connectivity index (χ3n) is 4.14. The SMILES string of the molecule is CC1(CNCC2(CN)CC2)CCOCC1. The summed E-state index contributed by atoms with van der Waals surface area (Å²) in [5, 5.41) is 3.61. The number of hydrogen-bond acceptors (Lipinski definition) is 3. The number of nitrogens with two attached hydrogens (primary N) is 1. The van der Waals surface area contributed by atoms with Crippen molar-refractivity contribution in [2.75, 3.05) is 32.8 Å². The third kappa shape index (κ3) is 2.92. The van der Waals surface area contributed by atoms with Gasteiger partial charge in [0.1, 0.15) is 0 Å². The van der Waals surface area contributed by atoms with Crippen molar-refractivity contribution in [1.82, 2.24) is 5.32 Å². The van der Waals surface area contributed by atoms with Crippen molar-refractivity contribution in [2.45, 2.75) is 32.6 Å². The Morgan fingerprint density at radius 1 is 1.13 bits per heavy atom. The maximum absolute atomic E-state index is 5.76. The van der Waals surface area contributed by atoms with Crippen LogP contribution >= 0.6 is 0 Å². The molecule has 0 radical (unpaired) electrons. The first-order valence-electron chi connectivity index (χ1n) is 6.17. The Kier molecular flexibility index (Phi) is 3.33. The fraction of sp³-hybridized carbons (Fsp3) is 1.00. The van der Waals surface area contributed by atoms with E-state index in [1.165, 1.54) is 25.7 Å². The molecule has 15 heavy (non-hydrogen) atoms. The van der Waals surface area contributed by atoms with Gasteiger partial charge in [-0.1, -0.05) is 6.92 Å². The van der Waals surface area contributed by atoms with Gasteiger partial charge in [-0.05, 0) is 43.1 Å². The van der Waals surface area contributed by atoms with E-state index >= 15 is 0 Å². The summed E-state index contributed by atoms with van der Waals surface area (Å²) in [4.78, 5) is 0. The molecular formula is C12H24N2O. The van der Waals surface area contributed by atoms with Gasteiger partial charge in [-0.15, -0.1) is 0 Å². The molecule has 0 atom stereocenters. The molecule has 3 nitrogen and oxygen atoms in total. The zero-order valence-electron chi connectivity index (χ0n) is 9.85. The van der Waals surface area contributed by atoms with Crippen LogP contribution in [-0.4, -0.2) is 32.8 Å². The molecule has 0 spiro atoms. The van der Waals surface area contributed by atoms with E-state index < -0.39 is 0 Å². The van der Waals surface area contributed by atoms with Gasteiger partial charge in [0.25, 0.3) is 0 Å². The summed E-state index contributed by atoms with van der Waals surface area (Å²) in [5.41, 5.74) is 6.67. The molecule has 0 aromatic heterocycles. The van der Waals surface area contributed by atoms with Gasteiger partial charge in [-0.2, -0.15) is 0 Å². The van der Waals surface area contributed by atoms with Crippen LogP contribution in [0.25, 0.3) is 0 Å². The fourth-order valence-electron chi connectivity index (χ4n) is 2.30. The molecule has 0 unspecified atom stereocenters. The maximum Gasteiger partial charge on any atom is 0.0471 e. The van der Waals surface area contributed by atoms with E-state index in [9.17, 15) is 0 Å². The molecule has 0 aromatic rings. The summed E-state index contributed by atoms with van der Waals surface area (Å²) >= 11 is 0. The van der Waals surface area contributed by atoms with E-state index in [2.05, 4.69) is 12.2 Å². The summed E-state index contributed by atoms with van der Waals surface area (Å²) in [6.45, 7) is 7.31. The van der Waals surface area contributed by atoms with Gasteiger partial charge in [0, 0.05) is 26.3 Å². The Bertz CT molecular complexity index is 208. The fourth-order valence-corrected chi connectivity index (χ4v) is 2.30. The van der Waals surface area contributed by atoms with Crippen LogP contribution in [-0.2, 0) is 4.74 Å². The van der Waals surface area contributed by atoms with Crippen molar-refractivity contribution >= 4 is 0 Å². The highest BCUT2D eigenvalue weighted by Gasteiger charge is 2.41. The lowest BCUT2D eigenvalue weighted by Crippen LogP contribution is -2.40. The average molecular weight is 212 g/mol. The highest BCUT2D eigenvalue weighted by atomic mass is 16.5. The van der Waals surface area contributed by atoms with Gasteiger partial charge in [-0.3, -0.25) is 0 Å². The van der Waals surface area contributed by atoms with Gasteiger partial charge in [-0.25, -0.2) is 0 Å². The topological polar surface area (TPSA) is 47.3 Å². The predicted molar refractivity (Wildman–Crippen MR) is 61.8 cm³/mol. The van der Waals surface area contributed by atoms with Gasteiger partial charge < -0.3 is 15.8 Å². The lowest BCUT2D eigenvalue weighted by atomic mass is 9.82. The van der Waals surface area contributed by atoms with Crippen molar-refractivity contribution in [3.63, 3.8) is 0 Å². The van der Waals surface area contributed by atoms with Crippen LogP contribution in [0.15, 0.2) is 0 Å². The van der Waals surface area contributed by atoms with Crippen molar-refractivity contribution in [1.29, 1.82) is 0 Å². The summed E-state index contributed by atoms with van der Waals surface area (Å²) in [6.07, 6.45) is 5.01. The van der Waals surface area contributed by atoms with E-state index in [1.807, 2.05) is 0 Å². The Balaban J connectivity index is 1.68.